The van der Waals surface area contributed by atoms with Crippen LogP contribution in [0, 0.1) is 5.92 Å². The van der Waals surface area contributed by atoms with Crippen LogP contribution in [0.5, 0.6) is 0 Å². The molecule has 2 heterocycles. The minimum Gasteiger partial charge on any atom is -0.381 e. The molecule has 1 aliphatic heterocycles. The van der Waals surface area contributed by atoms with Gasteiger partial charge in [-0.15, -0.1) is 0 Å². The van der Waals surface area contributed by atoms with E-state index in [2.05, 4.69) is 27.4 Å². The minimum absolute atomic E-state index is 0.580. The summed E-state index contributed by atoms with van der Waals surface area (Å²) < 4.78 is 7.29. The SMILES string of the molecule is CN=C(NCc1cnn(-c2ccc(Cl)cc2)c1)N(C)CC1CCOC1. The summed E-state index contributed by atoms with van der Waals surface area (Å²) in [6.07, 6.45) is 4.99. The number of benzene rings is 1. The van der Waals surface area contributed by atoms with Crippen LogP contribution in [0.3, 0.4) is 0 Å². The third-order valence-electron chi connectivity index (χ3n) is 4.31. The summed E-state index contributed by atoms with van der Waals surface area (Å²) in [5, 5.41) is 8.53. The van der Waals surface area contributed by atoms with Crippen molar-refractivity contribution in [3.63, 3.8) is 0 Å². The number of halogens is 1. The Morgan fingerprint density at radius 1 is 1.44 bits per heavy atom. The number of nitrogens with one attached hydrogen (secondary N) is 1. The number of ether oxygens (including phenoxy) is 1. The largest absolute Gasteiger partial charge is 0.381 e. The first-order valence-electron chi connectivity index (χ1n) is 8.44. The van der Waals surface area contributed by atoms with Crippen LogP contribution in [0.1, 0.15) is 12.0 Å². The van der Waals surface area contributed by atoms with Crippen LogP contribution < -0.4 is 5.32 Å². The molecule has 0 aliphatic carbocycles. The van der Waals surface area contributed by atoms with E-state index in [-0.39, 0.29) is 0 Å². The lowest BCUT2D eigenvalue weighted by molar-refractivity contribution is 0.181. The van der Waals surface area contributed by atoms with Gasteiger partial charge in [0.2, 0.25) is 0 Å². The van der Waals surface area contributed by atoms with Crippen molar-refractivity contribution in [1.82, 2.24) is 20.0 Å². The molecule has 1 aliphatic rings. The van der Waals surface area contributed by atoms with Crippen LogP contribution >= 0.6 is 11.6 Å². The van der Waals surface area contributed by atoms with Crippen molar-refractivity contribution >= 4 is 17.6 Å². The second-order valence-corrected chi connectivity index (χ2v) is 6.72. The maximum atomic E-state index is 5.93. The van der Waals surface area contributed by atoms with Crippen molar-refractivity contribution in [2.75, 3.05) is 33.9 Å². The molecule has 0 radical (unpaired) electrons. The first-order chi connectivity index (χ1) is 12.2. The zero-order chi connectivity index (χ0) is 17.6. The molecular weight excluding hydrogens is 338 g/mol. The molecule has 1 atom stereocenters. The normalized spacial score (nSPS) is 17.7. The Balaban J connectivity index is 1.56. The summed E-state index contributed by atoms with van der Waals surface area (Å²) in [5.41, 5.74) is 2.08. The number of aromatic nitrogens is 2. The fourth-order valence-corrected chi connectivity index (χ4v) is 3.08. The van der Waals surface area contributed by atoms with Gasteiger partial charge in [0, 0.05) is 56.5 Å². The Morgan fingerprint density at radius 3 is 2.92 bits per heavy atom. The monoisotopic (exact) mass is 361 g/mol. The Morgan fingerprint density at radius 2 is 2.24 bits per heavy atom. The second-order valence-electron chi connectivity index (χ2n) is 6.28. The molecule has 1 N–H and O–H groups in total. The van der Waals surface area contributed by atoms with Gasteiger partial charge in [-0.3, -0.25) is 4.99 Å². The van der Waals surface area contributed by atoms with Gasteiger partial charge in [0.05, 0.1) is 18.5 Å². The van der Waals surface area contributed by atoms with Gasteiger partial charge in [-0.05, 0) is 30.7 Å². The fraction of sp³-hybridized carbons (Fsp3) is 0.444. The van der Waals surface area contributed by atoms with Crippen LogP contribution in [0.2, 0.25) is 5.02 Å². The van der Waals surface area contributed by atoms with Crippen LogP contribution in [-0.4, -0.2) is 54.5 Å². The van der Waals surface area contributed by atoms with E-state index in [1.807, 2.05) is 41.3 Å². The quantitative estimate of drug-likeness (QED) is 0.657. The summed E-state index contributed by atoms with van der Waals surface area (Å²) >= 11 is 5.93. The molecule has 1 saturated heterocycles. The lowest BCUT2D eigenvalue weighted by atomic mass is 10.1. The molecule has 0 amide bonds. The summed E-state index contributed by atoms with van der Waals surface area (Å²) in [7, 11) is 3.87. The second kappa shape index (κ2) is 8.36. The fourth-order valence-electron chi connectivity index (χ4n) is 2.95. The molecule has 2 aromatic rings. The highest BCUT2D eigenvalue weighted by Gasteiger charge is 2.19. The summed E-state index contributed by atoms with van der Waals surface area (Å²) in [6.45, 7) is 3.33. The van der Waals surface area contributed by atoms with Crippen molar-refractivity contribution in [3.05, 3.63) is 47.2 Å². The maximum absolute atomic E-state index is 5.93. The summed E-state index contributed by atoms with van der Waals surface area (Å²) in [4.78, 5) is 6.52. The van der Waals surface area contributed by atoms with Crippen molar-refractivity contribution in [2.24, 2.45) is 10.9 Å². The Hall–Kier alpha value is -2.05. The van der Waals surface area contributed by atoms with E-state index in [4.69, 9.17) is 16.3 Å². The molecule has 25 heavy (non-hydrogen) atoms. The molecule has 0 saturated carbocycles. The molecule has 6 nitrogen and oxygen atoms in total. The van der Waals surface area contributed by atoms with Gasteiger partial charge in [0.1, 0.15) is 0 Å². The number of aliphatic imine (C=N–C) groups is 1. The van der Waals surface area contributed by atoms with Crippen molar-refractivity contribution in [2.45, 2.75) is 13.0 Å². The first-order valence-corrected chi connectivity index (χ1v) is 8.82. The van der Waals surface area contributed by atoms with Gasteiger partial charge in [0.25, 0.3) is 0 Å². The number of hydrogen-bond donors (Lipinski definition) is 1. The highest BCUT2D eigenvalue weighted by Crippen LogP contribution is 2.14. The van der Waals surface area contributed by atoms with Crippen LogP contribution in [0.15, 0.2) is 41.7 Å². The van der Waals surface area contributed by atoms with E-state index < -0.39 is 0 Å². The van der Waals surface area contributed by atoms with Gasteiger partial charge >= 0.3 is 0 Å². The van der Waals surface area contributed by atoms with E-state index in [0.717, 1.165) is 48.4 Å². The van der Waals surface area contributed by atoms with Gasteiger partial charge in [-0.2, -0.15) is 5.10 Å². The number of hydrogen-bond acceptors (Lipinski definition) is 3. The molecule has 3 rings (SSSR count). The number of guanidine groups is 1. The lowest BCUT2D eigenvalue weighted by Crippen LogP contribution is -2.41. The summed E-state index contributed by atoms with van der Waals surface area (Å²) in [6, 6.07) is 7.62. The van der Waals surface area contributed by atoms with Gasteiger partial charge in [-0.25, -0.2) is 4.68 Å². The lowest BCUT2D eigenvalue weighted by Gasteiger charge is -2.24. The van der Waals surface area contributed by atoms with Gasteiger partial charge < -0.3 is 15.0 Å². The molecule has 1 aromatic carbocycles. The molecule has 1 aromatic heterocycles. The zero-order valence-corrected chi connectivity index (χ0v) is 15.4. The average Bonchev–Trinajstić information content (AvgIpc) is 3.28. The van der Waals surface area contributed by atoms with Crippen LogP contribution in [0.25, 0.3) is 5.69 Å². The molecule has 1 unspecified atom stereocenters. The standard InChI is InChI=1S/C18H24ClN5O/c1-20-18(23(2)11-14-7-8-25-13-14)21-9-15-10-22-24(12-15)17-5-3-16(19)4-6-17/h3-6,10,12,14H,7-9,11,13H2,1-2H3,(H,20,21). The van der Waals surface area contributed by atoms with E-state index in [9.17, 15) is 0 Å². The topological polar surface area (TPSA) is 54.7 Å². The van der Waals surface area contributed by atoms with E-state index in [1.165, 1.54) is 0 Å². The maximum Gasteiger partial charge on any atom is 0.193 e. The Labute approximate surface area is 153 Å². The van der Waals surface area contributed by atoms with E-state index in [0.29, 0.717) is 12.5 Å². The van der Waals surface area contributed by atoms with Crippen molar-refractivity contribution < 1.29 is 4.74 Å². The minimum atomic E-state index is 0.580. The van der Waals surface area contributed by atoms with Gasteiger partial charge in [0.15, 0.2) is 5.96 Å². The first kappa shape index (κ1) is 17.8. The molecule has 1 fully saturated rings. The van der Waals surface area contributed by atoms with Crippen molar-refractivity contribution in [1.29, 1.82) is 0 Å². The van der Waals surface area contributed by atoms with Crippen LogP contribution in [-0.2, 0) is 11.3 Å². The average molecular weight is 362 g/mol. The highest BCUT2D eigenvalue weighted by atomic mass is 35.5. The molecule has 0 bridgehead atoms. The smallest absolute Gasteiger partial charge is 0.193 e. The van der Waals surface area contributed by atoms with Crippen LogP contribution in [0.4, 0.5) is 0 Å². The predicted octanol–water partition coefficient (Wildman–Crippen LogP) is 2.57. The number of rotatable bonds is 5. The third kappa shape index (κ3) is 4.74. The van der Waals surface area contributed by atoms with Crippen molar-refractivity contribution in [3.8, 4) is 5.69 Å². The molecule has 134 valence electrons. The van der Waals surface area contributed by atoms with Gasteiger partial charge in [-0.1, -0.05) is 11.6 Å². The highest BCUT2D eigenvalue weighted by molar-refractivity contribution is 6.30. The Bertz CT molecular complexity index is 707. The predicted molar refractivity (Wildman–Crippen MR) is 100 cm³/mol. The number of nitrogens with zero attached hydrogens (tertiary/aromatic N) is 4. The molecular formula is C18H24ClN5O. The zero-order valence-electron chi connectivity index (χ0n) is 14.7. The summed E-state index contributed by atoms with van der Waals surface area (Å²) in [5.74, 6) is 1.46. The molecule has 7 heteroatoms. The third-order valence-corrected chi connectivity index (χ3v) is 4.56. The Kier molecular flexibility index (Phi) is 5.94. The molecule has 0 spiro atoms. The van der Waals surface area contributed by atoms with E-state index >= 15 is 0 Å². The van der Waals surface area contributed by atoms with E-state index in [1.54, 1.807) is 7.05 Å².